The van der Waals surface area contributed by atoms with Crippen molar-refractivity contribution < 1.29 is 13.2 Å². The van der Waals surface area contributed by atoms with Crippen LogP contribution >= 0.6 is 11.6 Å². The van der Waals surface area contributed by atoms with Crippen molar-refractivity contribution in [2.75, 3.05) is 54.8 Å². The van der Waals surface area contributed by atoms with E-state index in [9.17, 15) is 13.2 Å². The lowest BCUT2D eigenvalue weighted by Gasteiger charge is -2.32. The summed E-state index contributed by atoms with van der Waals surface area (Å²) >= 11 is 6.34. The number of halogens is 1. The van der Waals surface area contributed by atoms with E-state index in [1.54, 1.807) is 24.3 Å². The summed E-state index contributed by atoms with van der Waals surface area (Å²) in [6, 6.07) is 12.5. The maximum atomic E-state index is 13.3. The molecular weight excluding hydrogens is 540 g/mol. The van der Waals surface area contributed by atoms with Gasteiger partial charge in [0.05, 0.1) is 29.4 Å². The number of benzene rings is 2. The molecule has 0 spiro atoms. The van der Waals surface area contributed by atoms with Gasteiger partial charge < -0.3 is 25.4 Å². The second kappa shape index (κ2) is 10.7. The van der Waals surface area contributed by atoms with Gasteiger partial charge in [0.25, 0.3) is 5.91 Å². The zero-order valence-corrected chi connectivity index (χ0v) is 23.3. The van der Waals surface area contributed by atoms with Gasteiger partial charge in [0, 0.05) is 48.5 Å². The first kappa shape index (κ1) is 26.7. The van der Waals surface area contributed by atoms with Gasteiger partial charge in [-0.15, -0.1) is 0 Å². The fourth-order valence-corrected chi connectivity index (χ4v) is 5.22. The van der Waals surface area contributed by atoms with Crippen LogP contribution in [0.2, 0.25) is 5.02 Å². The van der Waals surface area contributed by atoms with Crippen LogP contribution in [0.25, 0.3) is 10.9 Å². The average Bonchev–Trinajstić information content (AvgIpc) is 3.21. The number of hydrogen-bond donors (Lipinski definition) is 4. The summed E-state index contributed by atoms with van der Waals surface area (Å²) in [7, 11) is -1.42. The first-order valence-corrected chi connectivity index (χ1v) is 14.6. The molecule has 13 heteroatoms. The molecule has 1 amide bonds. The Morgan fingerprint density at radius 2 is 1.77 bits per heavy atom. The van der Waals surface area contributed by atoms with E-state index in [2.05, 4.69) is 42.3 Å². The number of carbonyl (C=O) groups excluding carboxylic acids is 1. The zero-order chi connectivity index (χ0) is 27.7. The Morgan fingerprint density at radius 1 is 1.05 bits per heavy atom. The van der Waals surface area contributed by atoms with Crippen LogP contribution in [0, 0.1) is 6.92 Å². The minimum absolute atomic E-state index is 0.0370. The van der Waals surface area contributed by atoms with Crippen molar-refractivity contribution in [3.8, 4) is 0 Å². The van der Waals surface area contributed by atoms with Crippen LogP contribution in [-0.4, -0.2) is 78.6 Å². The van der Waals surface area contributed by atoms with Crippen molar-refractivity contribution in [3.05, 3.63) is 64.9 Å². The van der Waals surface area contributed by atoms with Gasteiger partial charge in [-0.05, 0) is 44.3 Å². The van der Waals surface area contributed by atoms with Crippen LogP contribution in [-0.2, 0) is 10.0 Å². The number of aromatic amines is 1. The van der Waals surface area contributed by atoms with Gasteiger partial charge in [0.15, 0.2) is 5.82 Å². The molecule has 4 N–H and O–H groups in total. The van der Waals surface area contributed by atoms with Gasteiger partial charge >= 0.3 is 0 Å². The highest BCUT2D eigenvalue weighted by molar-refractivity contribution is 7.92. The number of nitrogens with one attached hydrogen (secondary N) is 4. The fourth-order valence-electron chi connectivity index (χ4n) is 4.51. The molecule has 3 heterocycles. The Morgan fingerprint density at radius 3 is 2.49 bits per heavy atom. The Hall–Kier alpha value is -3.87. The molecule has 0 saturated carbocycles. The van der Waals surface area contributed by atoms with Gasteiger partial charge in [-0.1, -0.05) is 23.7 Å². The Kier molecular flexibility index (Phi) is 7.34. The number of H-pyrrole nitrogens is 1. The molecule has 5 rings (SSSR count). The molecule has 2 aromatic carbocycles. The Balaban J connectivity index is 1.37. The molecule has 2 aromatic heterocycles. The van der Waals surface area contributed by atoms with Gasteiger partial charge in [0.2, 0.25) is 16.0 Å². The van der Waals surface area contributed by atoms with Gasteiger partial charge in [-0.25, -0.2) is 13.4 Å². The molecule has 0 unspecified atom stereocenters. The summed E-state index contributed by atoms with van der Waals surface area (Å²) in [6.45, 7) is 5.05. The first-order chi connectivity index (χ1) is 18.6. The van der Waals surface area contributed by atoms with Crippen molar-refractivity contribution in [1.82, 2.24) is 24.8 Å². The predicted octanol–water partition coefficient (Wildman–Crippen LogP) is 4.17. The van der Waals surface area contributed by atoms with Crippen LogP contribution in [0.3, 0.4) is 0 Å². The topological polar surface area (TPSA) is 135 Å². The molecule has 204 valence electrons. The van der Waals surface area contributed by atoms with E-state index in [0.717, 1.165) is 41.6 Å². The molecule has 0 aliphatic carbocycles. The number of rotatable bonds is 7. The monoisotopic (exact) mass is 568 g/mol. The molecule has 4 aromatic rings. The normalized spacial score (nSPS) is 14.4. The quantitative estimate of drug-likeness (QED) is 0.261. The van der Waals surface area contributed by atoms with Gasteiger partial charge in [-0.2, -0.15) is 4.98 Å². The summed E-state index contributed by atoms with van der Waals surface area (Å²) in [6.07, 6.45) is 2.53. The number of anilines is 5. The number of para-hydroxylation sites is 2. The number of aryl methyl sites for hydroxylation is 1. The molecule has 1 saturated heterocycles. The number of aromatic nitrogens is 3. The number of piperazine rings is 1. The molecule has 1 aliphatic heterocycles. The molecule has 1 aliphatic rings. The lowest BCUT2D eigenvalue weighted by molar-refractivity contribution is 0.0665. The summed E-state index contributed by atoms with van der Waals surface area (Å²) in [5.41, 5.74) is 3.89. The molecular formula is C26H29ClN8O3S. The number of likely N-dealkylation sites (N-methyl/N-ethyl adjacent to an activating group) is 1. The molecule has 39 heavy (non-hydrogen) atoms. The summed E-state index contributed by atoms with van der Waals surface area (Å²) in [5, 5.41) is 7.37. The third kappa shape index (κ3) is 6.08. The third-order valence-corrected chi connectivity index (χ3v) is 7.33. The lowest BCUT2D eigenvalue weighted by atomic mass is 10.1. The number of hydrogen-bond acceptors (Lipinski definition) is 8. The highest BCUT2D eigenvalue weighted by atomic mass is 35.5. The second-order valence-corrected chi connectivity index (χ2v) is 11.7. The van der Waals surface area contributed by atoms with E-state index in [1.165, 1.54) is 6.20 Å². The standard InChI is InChI=1S/C26H29ClN8O3S/c1-16-23(25(36)35-12-10-34(2)11-13-35)18-9-8-17(14-22(18)29-16)30-26-28-15-19(27)24(32-26)31-20-6-4-5-7-21(20)33-39(3,37)38/h4-9,14-15,29,33H,10-13H2,1-3H3,(H2,28,30,31,32). The number of carbonyl (C=O) groups is 1. The lowest BCUT2D eigenvalue weighted by Crippen LogP contribution is -2.47. The van der Waals surface area contributed by atoms with Crippen molar-refractivity contribution in [2.24, 2.45) is 0 Å². The smallest absolute Gasteiger partial charge is 0.256 e. The maximum Gasteiger partial charge on any atom is 0.256 e. The molecule has 1 fully saturated rings. The van der Waals surface area contributed by atoms with Crippen LogP contribution in [0.4, 0.5) is 28.8 Å². The number of nitrogens with zero attached hydrogens (tertiary/aromatic N) is 4. The summed E-state index contributed by atoms with van der Waals surface area (Å²) in [5.74, 6) is 0.621. The highest BCUT2D eigenvalue weighted by Crippen LogP contribution is 2.31. The second-order valence-electron chi connectivity index (χ2n) is 9.54. The van der Waals surface area contributed by atoms with Crippen molar-refractivity contribution in [3.63, 3.8) is 0 Å². The van der Waals surface area contributed by atoms with E-state index in [1.807, 2.05) is 30.0 Å². The minimum Gasteiger partial charge on any atom is -0.358 e. The zero-order valence-electron chi connectivity index (χ0n) is 21.7. The minimum atomic E-state index is -3.48. The average molecular weight is 569 g/mol. The number of sulfonamides is 1. The van der Waals surface area contributed by atoms with Crippen molar-refractivity contribution in [2.45, 2.75) is 6.92 Å². The molecule has 0 bridgehead atoms. The largest absolute Gasteiger partial charge is 0.358 e. The Bertz CT molecular complexity index is 1650. The number of fused-ring (bicyclic) bond motifs is 1. The third-order valence-electron chi connectivity index (χ3n) is 6.47. The maximum absolute atomic E-state index is 13.3. The van der Waals surface area contributed by atoms with Gasteiger partial charge in [0.1, 0.15) is 5.02 Å². The van der Waals surface area contributed by atoms with E-state index in [0.29, 0.717) is 35.8 Å². The van der Waals surface area contributed by atoms with Crippen molar-refractivity contribution in [1.29, 1.82) is 0 Å². The van der Waals surface area contributed by atoms with E-state index >= 15 is 0 Å². The van der Waals surface area contributed by atoms with E-state index in [4.69, 9.17) is 11.6 Å². The molecule has 11 nitrogen and oxygen atoms in total. The SMILES string of the molecule is Cc1[nH]c2cc(Nc3ncc(Cl)c(Nc4ccccc4NS(C)(=O)=O)n3)ccc2c1C(=O)N1CCN(C)CC1. The van der Waals surface area contributed by atoms with E-state index in [-0.39, 0.29) is 16.9 Å². The highest BCUT2D eigenvalue weighted by Gasteiger charge is 2.24. The predicted molar refractivity (Wildman–Crippen MR) is 155 cm³/mol. The number of amides is 1. The fraction of sp³-hybridized carbons (Fsp3) is 0.269. The van der Waals surface area contributed by atoms with Crippen LogP contribution in [0.1, 0.15) is 16.1 Å². The van der Waals surface area contributed by atoms with Gasteiger partial charge in [-0.3, -0.25) is 9.52 Å². The molecule has 0 atom stereocenters. The van der Waals surface area contributed by atoms with E-state index < -0.39 is 10.0 Å². The van der Waals surface area contributed by atoms with Crippen LogP contribution in [0.5, 0.6) is 0 Å². The van der Waals surface area contributed by atoms with Crippen molar-refractivity contribution >= 4 is 67.3 Å². The summed E-state index contributed by atoms with van der Waals surface area (Å²) in [4.78, 5) is 29.5. The summed E-state index contributed by atoms with van der Waals surface area (Å²) < 4.78 is 26.0. The van der Waals surface area contributed by atoms with Crippen LogP contribution < -0.4 is 15.4 Å². The van der Waals surface area contributed by atoms with Crippen LogP contribution in [0.15, 0.2) is 48.7 Å². The molecule has 0 radical (unpaired) electrons. The first-order valence-electron chi connectivity index (χ1n) is 12.3. The Labute approximate surface area is 231 Å².